The van der Waals surface area contributed by atoms with Gasteiger partial charge < -0.3 is 10.8 Å². The summed E-state index contributed by atoms with van der Waals surface area (Å²) in [5.41, 5.74) is 5.73. The maximum absolute atomic E-state index is 13.5. The second kappa shape index (κ2) is 3.48. The van der Waals surface area contributed by atoms with Crippen LogP contribution in [0.2, 0.25) is 0 Å². The van der Waals surface area contributed by atoms with Gasteiger partial charge in [0, 0.05) is 19.2 Å². The molecule has 16 heavy (non-hydrogen) atoms. The molecule has 1 heterocycles. The molecular weight excluding hydrogens is 216 g/mol. The fourth-order valence-corrected chi connectivity index (χ4v) is 1.47. The Bertz CT molecular complexity index is 528. The normalized spacial score (nSPS) is 10.7. The van der Waals surface area contributed by atoms with Gasteiger partial charge in [-0.25, -0.2) is 8.78 Å². The number of phenols is 1. The Balaban J connectivity index is 2.69. The van der Waals surface area contributed by atoms with Crippen LogP contribution in [0.3, 0.4) is 0 Å². The number of nitrogens with zero attached hydrogens (tertiary/aromatic N) is 2. The van der Waals surface area contributed by atoms with Gasteiger partial charge in [0.2, 0.25) is 0 Å². The number of halogens is 2. The topological polar surface area (TPSA) is 64.1 Å². The van der Waals surface area contributed by atoms with Crippen molar-refractivity contribution in [3.05, 3.63) is 30.0 Å². The number of aromatic nitrogens is 2. The quantitative estimate of drug-likeness (QED) is 0.775. The predicted molar refractivity (Wildman–Crippen MR) is 54.6 cm³/mol. The van der Waals surface area contributed by atoms with Crippen LogP contribution < -0.4 is 5.73 Å². The summed E-state index contributed by atoms with van der Waals surface area (Å²) in [6.45, 7) is 0. The molecular formula is C10H9F2N3O. The first kappa shape index (κ1) is 10.4. The number of anilines is 1. The van der Waals surface area contributed by atoms with Crippen LogP contribution in [0.5, 0.6) is 5.75 Å². The zero-order chi connectivity index (χ0) is 11.9. The first-order valence-corrected chi connectivity index (χ1v) is 4.46. The minimum Gasteiger partial charge on any atom is -0.507 e. The lowest BCUT2D eigenvalue weighted by Gasteiger charge is -2.05. The van der Waals surface area contributed by atoms with Crippen LogP contribution in [0.15, 0.2) is 18.3 Å². The number of nitrogen functional groups attached to an aromatic ring is 1. The maximum atomic E-state index is 13.5. The smallest absolute Gasteiger partial charge is 0.137 e. The summed E-state index contributed by atoms with van der Waals surface area (Å²) in [5, 5.41) is 13.3. The zero-order valence-electron chi connectivity index (χ0n) is 8.41. The van der Waals surface area contributed by atoms with E-state index < -0.39 is 17.4 Å². The standard InChI is InChI=1S/C10H9F2N3O/c1-15-10(13)6(4-14-15)9-7(12)2-5(11)3-8(9)16/h2-4,16H,13H2,1H3. The van der Waals surface area contributed by atoms with E-state index in [1.54, 1.807) is 7.05 Å². The van der Waals surface area contributed by atoms with Gasteiger partial charge in [-0.05, 0) is 0 Å². The molecule has 3 N–H and O–H groups in total. The van der Waals surface area contributed by atoms with E-state index in [9.17, 15) is 13.9 Å². The molecule has 0 unspecified atom stereocenters. The van der Waals surface area contributed by atoms with Crippen molar-refractivity contribution in [2.45, 2.75) is 0 Å². The SMILES string of the molecule is Cn1ncc(-c2c(O)cc(F)cc2F)c1N. The highest BCUT2D eigenvalue weighted by Crippen LogP contribution is 2.35. The Morgan fingerprint density at radius 2 is 2.06 bits per heavy atom. The first-order valence-electron chi connectivity index (χ1n) is 4.46. The summed E-state index contributed by atoms with van der Waals surface area (Å²) < 4.78 is 27.6. The first-order chi connectivity index (χ1) is 7.50. The third kappa shape index (κ3) is 1.48. The van der Waals surface area contributed by atoms with E-state index in [-0.39, 0.29) is 16.9 Å². The molecule has 1 aromatic carbocycles. The average molecular weight is 225 g/mol. The Kier molecular flexibility index (Phi) is 2.26. The summed E-state index contributed by atoms with van der Waals surface area (Å²) in [7, 11) is 1.58. The van der Waals surface area contributed by atoms with E-state index in [1.807, 2.05) is 0 Å². The molecule has 0 aliphatic rings. The van der Waals surface area contributed by atoms with Crippen molar-refractivity contribution in [3.8, 4) is 16.9 Å². The summed E-state index contributed by atoms with van der Waals surface area (Å²) in [6, 6.07) is 1.51. The third-order valence-electron chi connectivity index (χ3n) is 2.29. The van der Waals surface area contributed by atoms with Gasteiger partial charge in [-0.15, -0.1) is 0 Å². The second-order valence-corrected chi connectivity index (χ2v) is 3.35. The average Bonchev–Trinajstić information content (AvgIpc) is 2.48. The Morgan fingerprint density at radius 1 is 1.38 bits per heavy atom. The van der Waals surface area contributed by atoms with Gasteiger partial charge in [0.1, 0.15) is 23.2 Å². The van der Waals surface area contributed by atoms with Crippen molar-refractivity contribution in [2.75, 3.05) is 5.73 Å². The van der Waals surface area contributed by atoms with E-state index in [4.69, 9.17) is 5.73 Å². The summed E-state index contributed by atoms with van der Waals surface area (Å²) >= 11 is 0. The van der Waals surface area contributed by atoms with Crippen molar-refractivity contribution in [3.63, 3.8) is 0 Å². The molecule has 0 saturated carbocycles. The minimum absolute atomic E-state index is 0.146. The van der Waals surface area contributed by atoms with Gasteiger partial charge in [0.05, 0.1) is 17.3 Å². The van der Waals surface area contributed by atoms with E-state index in [2.05, 4.69) is 5.10 Å². The van der Waals surface area contributed by atoms with Crippen LogP contribution in [0.4, 0.5) is 14.6 Å². The van der Waals surface area contributed by atoms with Crippen molar-refractivity contribution in [1.29, 1.82) is 0 Å². The highest BCUT2D eigenvalue weighted by atomic mass is 19.1. The molecule has 84 valence electrons. The van der Waals surface area contributed by atoms with Gasteiger partial charge in [0.15, 0.2) is 0 Å². The fraction of sp³-hybridized carbons (Fsp3) is 0.100. The third-order valence-corrected chi connectivity index (χ3v) is 2.29. The molecule has 0 saturated heterocycles. The monoisotopic (exact) mass is 225 g/mol. The molecule has 1 aromatic heterocycles. The maximum Gasteiger partial charge on any atom is 0.137 e. The molecule has 4 nitrogen and oxygen atoms in total. The van der Waals surface area contributed by atoms with Gasteiger partial charge >= 0.3 is 0 Å². The number of aromatic hydroxyl groups is 1. The number of hydrogen-bond donors (Lipinski definition) is 2. The van der Waals surface area contributed by atoms with Crippen LogP contribution in [-0.4, -0.2) is 14.9 Å². The molecule has 0 fully saturated rings. The number of hydrogen-bond acceptors (Lipinski definition) is 3. The molecule has 0 aliphatic carbocycles. The van der Waals surface area contributed by atoms with E-state index in [0.29, 0.717) is 6.07 Å². The number of rotatable bonds is 1. The van der Waals surface area contributed by atoms with Gasteiger partial charge in [0.25, 0.3) is 0 Å². The van der Waals surface area contributed by atoms with Crippen molar-refractivity contribution in [2.24, 2.45) is 7.05 Å². The molecule has 2 aromatic rings. The van der Waals surface area contributed by atoms with E-state index >= 15 is 0 Å². The van der Waals surface area contributed by atoms with Gasteiger partial charge in [-0.1, -0.05) is 0 Å². The summed E-state index contributed by atoms with van der Waals surface area (Å²) in [6.07, 6.45) is 1.31. The summed E-state index contributed by atoms with van der Waals surface area (Å²) in [4.78, 5) is 0. The van der Waals surface area contributed by atoms with Crippen LogP contribution in [0, 0.1) is 11.6 Å². The Morgan fingerprint density at radius 3 is 2.56 bits per heavy atom. The van der Waals surface area contributed by atoms with Crippen LogP contribution in [0.1, 0.15) is 0 Å². The lowest BCUT2D eigenvalue weighted by atomic mass is 10.1. The number of aryl methyl sites for hydroxylation is 1. The van der Waals surface area contributed by atoms with Crippen LogP contribution in [-0.2, 0) is 7.05 Å². The predicted octanol–water partition coefficient (Wildman–Crippen LogP) is 1.65. The molecule has 2 rings (SSSR count). The fourth-order valence-electron chi connectivity index (χ4n) is 1.47. The Labute approximate surface area is 89.9 Å². The second-order valence-electron chi connectivity index (χ2n) is 3.35. The highest BCUT2D eigenvalue weighted by molar-refractivity contribution is 5.78. The molecule has 0 atom stereocenters. The highest BCUT2D eigenvalue weighted by Gasteiger charge is 2.17. The molecule has 0 bridgehead atoms. The van der Waals surface area contributed by atoms with Crippen LogP contribution >= 0.6 is 0 Å². The largest absolute Gasteiger partial charge is 0.507 e. The summed E-state index contributed by atoms with van der Waals surface area (Å²) in [5.74, 6) is -2.03. The van der Waals surface area contributed by atoms with Crippen molar-refractivity contribution < 1.29 is 13.9 Å². The van der Waals surface area contributed by atoms with E-state index in [1.165, 1.54) is 10.9 Å². The molecule has 0 spiro atoms. The van der Waals surface area contributed by atoms with Crippen molar-refractivity contribution >= 4 is 5.82 Å². The lowest BCUT2D eigenvalue weighted by molar-refractivity contribution is 0.463. The number of nitrogens with two attached hydrogens (primary N) is 1. The number of benzene rings is 1. The van der Waals surface area contributed by atoms with Gasteiger partial charge in [-0.3, -0.25) is 4.68 Å². The molecule has 0 amide bonds. The van der Waals surface area contributed by atoms with Gasteiger partial charge in [-0.2, -0.15) is 5.10 Å². The van der Waals surface area contributed by atoms with Crippen molar-refractivity contribution in [1.82, 2.24) is 9.78 Å². The molecule has 0 radical (unpaired) electrons. The Hall–Kier alpha value is -2.11. The lowest BCUT2D eigenvalue weighted by Crippen LogP contribution is -1.99. The zero-order valence-corrected chi connectivity index (χ0v) is 8.41. The number of phenolic OH excluding ortho intramolecular Hbond substituents is 1. The van der Waals surface area contributed by atoms with E-state index in [0.717, 1.165) is 6.07 Å². The molecule has 6 heteroatoms. The molecule has 0 aliphatic heterocycles. The van der Waals surface area contributed by atoms with Crippen LogP contribution in [0.25, 0.3) is 11.1 Å². The minimum atomic E-state index is -0.878.